The summed E-state index contributed by atoms with van der Waals surface area (Å²) in [5.74, 6) is -4.47. The van der Waals surface area contributed by atoms with Crippen molar-refractivity contribution >= 4 is 52.5 Å². The Labute approximate surface area is 99.2 Å². The van der Waals surface area contributed by atoms with Gasteiger partial charge in [-0.3, -0.25) is 14.4 Å². The number of aliphatic carboxylic acids is 1. The Morgan fingerprint density at radius 1 is 1.40 bits per heavy atom. The molecule has 5 nitrogen and oxygen atoms in total. The van der Waals surface area contributed by atoms with Gasteiger partial charge < -0.3 is 9.84 Å². The minimum atomic E-state index is -2.07. The average Bonchev–Trinajstić information content (AvgIpc) is 2.30. The van der Waals surface area contributed by atoms with Crippen molar-refractivity contribution in [2.75, 3.05) is 0 Å². The third-order valence-corrected chi connectivity index (χ3v) is 2.39. The van der Waals surface area contributed by atoms with Crippen molar-refractivity contribution in [2.45, 2.75) is 16.3 Å². The number of hydrogen-bond donors (Lipinski definition) is 1. The van der Waals surface area contributed by atoms with Crippen LogP contribution in [0, 0.1) is 5.92 Å². The molecule has 0 unspecified atom stereocenters. The predicted octanol–water partition coefficient (Wildman–Crippen LogP) is 0.942. The Bertz CT molecular complexity index is 321. The molecule has 84 valence electrons. The zero-order valence-corrected chi connectivity index (χ0v) is 9.34. The lowest BCUT2D eigenvalue weighted by molar-refractivity contribution is -0.148. The number of carbonyl (C=O) groups excluding carboxylic acids is 2. The van der Waals surface area contributed by atoms with Gasteiger partial charge in [-0.15, -0.1) is 0 Å². The van der Waals surface area contributed by atoms with Gasteiger partial charge in [0.05, 0.1) is 6.42 Å². The van der Waals surface area contributed by atoms with Crippen LogP contribution in [0.15, 0.2) is 0 Å². The second-order valence-electron chi connectivity index (χ2n) is 2.91. The van der Waals surface area contributed by atoms with Crippen LogP contribution < -0.4 is 0 Å². The zero-order chi connectivity index (χ0) is 11.8. The van der Waals surface area contributed by atoms with Gasteiger partial charge in [0, 0.05) is 0 Å². The summed E-state index contributed by atoms with van der Waals surface area (Å²) in [5, 5.41) is 8.44. The second kappa shape index (κ2) is 4.15. The van der Waals surface area contributed by atoms with E-state index < -0.39 is 40.0 Å². The van der Waals surface area contributed by atoms with E-state index in [9.17, 15) is 14.4 Å². The molecule has 0 aromatic rings. The number of carboxylic acid groups (broad SMARTS) is 1. The number of alkyl halides is 3. The second-order valence-corrected chi connectivity index (χ2v) is 5.28. The normalized spacial score (nSPS) is 26.6. The summed E-state index contributed by atoms with van der Waals surface area (Å²) in [6.45, 7) is 0. The molecule has 1 heterocycles. The molecule has 0 saturated carbocycles. The first-order valence-corrected chi connectivity index (χ1v) is 4.89. The van der Waals surface area contributed by atoms with Gasteiger partial charge in [-0.25, -0.2) is 0 Å². The fourth-order valence-corrected chi connectivity index (χ4v) is 1.60. The quantitative estimate of drug-likeness (QED) is 0.461. The van der Waals surface area contributed by atoms with E-state index in [1.165, 1.54) is 0 Å². The van der Waals surface area contributed by atoms with E-state index in [4.69, 9.17) is 39.9 Å². The van der Waals surface area contributed by atoms with Crippen LogP contribution in [-0.4, -0.2) is 32.7 Å². The highest BCUT2D eigenvalue weighted by Crippen LogP contribution is 2.38. The standard InChI is InChI=1S/C7H5Cl3O5/c8-7(9,10)5-4(13)2(1-3(11)12)6(14)15-5/h2,5H,1H2,(H,11,12)/t2-,5+/m1/s1. The molecule has 8 heteroatoms. The third-order valence-electron chi connectivity index (χ3n) is 1.80. The van der Waals surface area contributed by atoms with Crippen molar-refractivity contribution < 1.29 is 24.2 Å². The number of Topliss-reactive ketones (excluding diaryl/α,β-unsaturated/α-hetero) is 1. The van der Waals surface area contributed by atoms with Crippen LogP contribution in [0.1, 0.15) is 6.42 Å². The number of cyclic esters (lactones) is 1. The lowest BCUT2D eigenvalue weighted by atomic mass is 10.0. The van der Waals surface area contributed by atoms with E-state index in [0.717, 1.165) is 0 Å². The maximum atomic E-state index is 11.4. The topological polar surface area (TPSA) is 80.7 Å². The summed E-state index contributed by atoms with van der Waals surface area (Å²) in [7, 11) is 0. The van der Waals surface area contributed by atoms with Crippen molar-refractivity contribution in [3.05, 3.63) is 0 Å². The molecule has 1 rings (SSSR count). The number of ether oxygens (including phenoxy) is 1. The summed E-state index contributed by atoms with van der Waals surface area (Å²) in [6, 6.07) is 0. The van der Waals surface area contributed by atoms with Crippen LogP contribution >= 0.6 is 34.8 Å². The van der Waals surface area contributed by atoms with Crippen LogP contribution in [0.4, 0.5) is 0 Å². The summed E-state index contributed by atoms with van der Waals surface area (Å²) in [6.07, 6.45) is -2.19. The molecule has 0 amide bonds. The number of rotatable bonds is 2. The minimum Gasteiger partial charge on any atom is -0.481 e. The lowest BCUT2D eigenvalue weighted by Crippen LogP contribution is -2.33. The molecule has 0 aromatic carbocycles. The van der Waals surface area contributed by atoms with E-state index in [2.05, 4.69) is 4.74 Å². The van der Waals surface area contributed by atoms with Crippen molar-refractivity contribution in [1.82, 2.24) is 0 Å². The van der Waals surface area contributed by atoms with Gasteiger partial charge in [-0.05, 0) is 0 Å². The van der Waals surface area contributed by atoms with Crippen LogP contribution in [0.25, 0.3) is 0 Å². The van der Waals surface area contributed by atoms with Crippen LogP contribution in [0.5, 0.6) is 0 Å². The van der Waals surface area contributed by atoms with Crippen molar-refractivity contribution in [1.29, 1.82) is 0 Å². The minimum absolute atomic E-state index is 0.658. The molecule has 1 fully saturated rings. The molecule has 1 N–H and O–H groups in total. The molecule has 0 spiro atoms. The number of ketones is 1. The van der Waals surface area contributed by atoms with E-state index in [-0.39, 0.29) is 0 Å². The molecular weight excluding hydrogens is 270 g/mol. The van der Waals surface area contributed by atoms with E-state index in [1.807, 2.05) is 0 Å². The Balaban J connectivity index is 2.84. The first-order valence-electron chi connectivity index (χ1n) is 3.76. The number of carboxylic acids is 1. The number of esters is 1. The van der Waals surface area contributed by atoms with E-state index in [1.54, 1.807) is 0 Å². The van der Waals surface area contributed by atoms with E-state index in [0.29, 0.717) is 0 Å². The Hall–Kier alpha value is -0.520. The molecule has 0 aliphatic carbocycles. The highest BCUT2D eigenvalue weighted by molar-refractivity contribution is 6.69. The van der Waals surface area contributed by atoms with Crippen LogP contribution in [0.3, 0.4) is 0 Å². The molecule has 15 heavy (non-hydrogen) atoms. The fraction of sp³-hybridized carbons (Fsp3) is 0.571. The van der Waals surface area contributed by atoms with Gasteiger partial charge in [-0.2, -0.15) is 0 Å². The van der Waals surface area contributed by atoms with E-state index >= 15 is 0 Å². The fourth-order valence-electron chi connectivity index (χ4n) is 1.14. The van der Waals surface area contributed by atoms with Gasteiger partial charge >= 0.3 is 11.9 Å². The van der Waals surface area contributed by atoms with Gasteiger partial charge in [-0.1, -0.05) is 34.8 Å². The van der Waals surface area contributed by atoms with Gasteiger partial charge in [0.15, 0.2) is 5.78 Å². The lowest BCUT2D eigenvalue weighted by Gasteiger charge is -2.15. The average molecular weight is 275 g/mol. The molecule has 0 aromatic heterocycles. The summed E-state index contributed by atoms with van der Waals surface area (Å²) < 4.78 is 2.43. The van der Waals surface area contributed by atoms with Gasteiger partial charge in [0.25, 0.3) is 0 Å². The van der Waals surface area contributed by atoms with Crippen molar-refractivity contribution in [2.24, 2.45) is 5.92 Å². The van der Waals surface area contributed by atoms with Crippen molar-refractivity contribution in [3.8, 4) is 0 Å². The number of halogens is 3. The maximum absolute atomic E-state index is 11.4. The molecule has 1 aliphatic heterocycles. The Kier molecular flexibility index (Phi) is 3.48. The monoisotopic (exact) mass is 274 g/mol. The van der Waals surface area contributed by atoms with Crippen LogP contribution in [0.2, 0.25) is 0 Å². The van der Waals surface area contributed by atoms with Gasteiger partial charge in [0.1, 0.15) is 5.92 Å². The summed E-state index contributed by atoms with van der Waals surface area (Å²) in [4.78, 5) is 32.9. The van der Waals surface area contributed by atoms with Crippen molar-refractivity contribution in [3.63, 3.8) is 0 Å². The Morgan fingerprint density at radius 3 is 2.27 bits per heavy atom. The largest absolute Gasteiger partial charge is 0.481 e. The molecule has 1 saturated heterocycles. The van der Waals surface area contributed by atoms with Crippen LogP contribution in [-0.2, 0) is 19.1 Å². The summed E-state index contributed by atoms with van der Waals surface area (Å²) in [5.41, 5.74) is 0. The molecule has 0 bridgehead atoms. The highest BCUT2D eigenvalue weighted by atomic mass is 35.6. The predicted molar refractivity (Wildman–Crippen MR) is 50.9 cm³/mol. The molecule has 1 aliphatic rings. The Morgan fingerprint density at radius 2 is 1.93 bits per heavy atom. The smallest absolute Gasteiger partial charge is 0.318 e. The van der Waals surface area contributed by atoms with Gasteiger partial charge in [0.2, 0.25) is 9.90 Å². The molecule has 2 atom stereocenters. The first-order chi connectivity index (χ1) is 6.73. The summed E-state index contributed by atoms with van der Waals surface area (Å²) >= 11 is 16.2. The zero-order valence-electron chi connectivity index (χ0n) is 7.08. The number of hydrogen-bond acceptors (Lipinski definition) is 4. The molecule has 0 radical (unpaired) electrons. The SMILES string of the molecule is O=C(O)C[C@H]1C(=O)O[C@H](C(Cl)(Cl)Cl)C1=O. The molecular formula is C7H5Cl3O5. The highest BCUT2D eigenvalue weighted by Gasteiger charge is 2.53. The number of carbonyl (C=O) groups is 3. The first kappa shape index (κ1) is 12.5. The third kappa shape index (κ3) is 2.74. The maximum Gasteiger partial charge on any atom is 0.318 e.